The fourth-order valence-corrected chi connectivity index (χ4v) is 1.61. The molecular formula is C12H15NO. The molecule has 1 heterocycles. The van der Waals surface area contributed by atoms with Crippen LogP contribution in [-0.2, 0) is 6.42 Å². The largest absolute Gasteiger partial charge is 0.464 e. The highest BCUT2D eigenvalue weighted by molar-refractivity contribution is 5.77. The van der Waals surface area contributed by atoms with Crippen LogP contribution in [0.2, 0.25) is 0 Å². The zero-order valence-corrected chi connectivity index (χ0v) is 8.36. The molecule has 0 bridgehead atoms. The molecular weight excluding hydrogens is 174 g/mol. The first-order chi connectivity index (χ1) is 6.79. The van der Waals surface area contributed by atoms with Crippen LogP contribution in [0.25, 0.3) is 11.0 Å². The molecule has 1 atom stereocenters. The zero-order valence-electron chi connectivity index (χ0n) is 8.36. The van der Waals surface area contributed by atoms with Gasteiger partial charge in [0.05, 0.1) is 6.26 Å². The van der Waals surface area contributed by atoms with Gasteiger partial charge in [-0.3, -0.25) is 0 Å². The second-order valence-corrected chi connectivity index (χ2v) is 3.84. The third-order valence-electron chi connectivity index (χ3n) is 2.51. The van der Waals surface area contributed by atoms with E-state index in [2.05, 4.69) is 25.1 Å². The van der Waals surface area contributed by atoms with E-state index < -0.39 is 0 Å². The van der Waals surface area contributed by atoms with E-state index in [9.17, 15) is 0 Å². The normalized spacial score (nSPS) is 13.3. The lowest BCUT2D eigenvalue weighted by Crippen LogP contribution is -2.12. The highest BCUT2D eigenvalue weighted by Crippen LogP contribution is 2.18. The highest BCUT2D eigenvalue weighted by Gasteiger charge is 2.03. The molecule has 0 aliphatic carbocycles. The fraction of sp³-hybridized carbons (Fsp3) is 0.333. The second kappa shape index (κ2) is 3.84. The van der Waals surface area contributed by atoms with Gasteiger partial charge in [-0.2, -0.15) is 0 Å². The monoisotopic (exact) mass is 189 g/mol. The van der Waals surface area contributed by atoms with Crippen molar-refractivity contribution >= 4 is 11.0 Å². The van der Waals surface area contributed by atoms with Gasteiger partial charge in [0.1, 0.15) is 5.58 Å². The van der Waals surface area contributed by atoms with Gasteiger partial charge in [0, 0.05) is 5.39 Å². The Bertz CT molecular complexity index is 419. The van der Waals surface area contributed by atoms with E-state index in [4.69, 9.17) is 10.2 Å². The summed E-state index contributed by atoms with van der Waals surface area (Å²) in [6, 6.07) is 8.31. The van der Waals surface area contributed by atoms with E-state index >= 15 is 0 Å². The number of furan rings is 1. The molecule has 2 N–H and O–H groups in total. The molecule has 1 aromatic heterocycles. The SMILES string of the molecule is CC(CN)Cc1ccc2ccoc2c1. The van der Waals surface area contributed by atoms with E-state index in [0.717, 1.165) is 23.9 Å². The van der Waals surface area contributed by atoms with Gasteiger partial charge in [0.15, 0.2) is 0 Å². The third kappa shape index (κ3) is 1.80. The lowest BCUT2D eigenvalue weighted by molar-refractivity contribution is 0.589. The molecule has 0 amide bonds. The van der Waals surface area contributed by atoms with Crippen LogP contribution < -0.4 is 5.73 Å². The topological polar surface area (TPSA) is 39.2 Å². The summed E-state index contributed by atoms with van der Waals surface area (Å²) in [6.45, 7) is 2.89. The molecule has 2 heteroatoms. The Hall–Kier alpha value is -1.28. The fourth-order valence-electron chi connectivity index (χ4n) is 1.61. The van der Waals surface area contributed by atoms with Crippen LogP contribution in [0.1, 0.15) is 12.5 Å². The van der Waals surface area contributed by atoms with Crippen molar-refractivity contribution in [2.75, 3.05) is 6.54 Å². The van der Waals surface area contributed by atoms with Crippen LogP contribution in [0, 0.1) is 5.92 Å². The van der Waals surface area contributed by atoms with E-state index in [1.807, 2.05) is 6.07 Å². The molecule has 0 radical (unpaired) electrons. The molecule has 0 aliphatic heterocycles. The minimum atomic E-state index is 0.530. The van der Waals surface area contributed by atoms with Gasteiger partial charge in [0.25, 0.3) is 0 Å². The predicted octanol–water partition coefficient (Wildman–Crippen LogP) is 2.57. The van der Waals surface area contributed by atoms with Crippen molar-refractivity contribution in [1.29, 1.82) is 0 Å². The summed E-state index contributed by atoms with van der Waals surface area (Å²) < 4.78 is 5.34. The van der Waals surface area contributed by atoms with Crippen molar-refractivity contribution in [3.8, 4) is 0 Å². The van der Waals surface area contributed by atoms with Crippen LogP contribution in [0.15, 0.2) is 34.9 Å². The summed E-state index contributed by atoms with van der Waals surface area (Å²) in [5, 5.41) is 1.16. The molecule has 1 unspecified atom stereocenters. The minimum absolute atomic E-state index is 0.530. The number of fused-ring (bicyclic) bond motifs is 1. The molecule has 2 aromatic rings. The summed E-state index contributed by atoms with van der Waals surface area (Å²) >= 11 is 0. The van der Waals surface area contributed by atoms with Gasteiger partial charge in [-0.25, -0.2) is 0 Å². The maximum Gasteiger partial charge on any atom is 0.134 e. The molecule has 0 fully saturated rings. The molecule has 0 saturated heterocycles. The average molecular weight is 189 g/mol. The standard InChI is InChI=1S/C12H15NO/c1-9(8-13)6-10-2-3-11-4-5-14-12(11)7-10/h2-5,7,9H,6,8,13H2,1H3. The van der Waals surface area contributed by atoms with Gasteiger partial charge in [-0.05, 0) is 36.6 Å². The third-order valence-corrected chi connectivity index (χ3v) is 2.51. The quantitative estimate of drug-likeness (QED) is 0.806. The molecule has 0 aliphatic rings. The Morgan fingerprint density at radius 2 is 2.21 bits per heavy atom. The molecule has 2 rings (SSSR count). The first-order valence-electron chi connectivity index (χ1n) is 4.96. The maximum atomic E-state index is 5.59. The Morgan fingerprint density at radius 3 is 3.00 bits per heavy atom. The van der Waals surface area contributed by atoms with E-state index in [-0.39, 0.29) is 0 Å². The van der Waals surface area contributed by atoms with Crippen molar-refractivity contribution < 1.29 is 4.42 Å². The number of rotatable bonds is 3. The Labute approximate surface area is 83.7 Å². The Balaban J connectivity index is 2.25. The van der Waals surface area contributed by atoms with Crippen LogP contribution in [0.4, 0.5) is 0 Å². The Morgan fingerprint density at radius 1 is 1.36 bits per heavy atom. The summed E-state index contributed by atoms with van der Waals surface area (Å²) in [7, 11) is 0. The van der Waals surface area contributed by atoms with Crippen molar-refractivity contribution in [1.82, 2.24) is 0 Å². The molecule has 2 nitrogen and oxygen atoms in total. The number of hydrogen-bond donors (Lipinski definition) is 1. The van der Waals surface area contributed by atoms with Gasteiger partial charge in [0.2, 0.25) is 0 Å². The average Bonchev–Trinajstić information content (AvgIpc) is 2.64. The van der Waals surface area contributed by atoms with E-state index in [1.165, 1.54) is 5.56 Å². The van der Waals surface area contributed by atoms with Crippen molar-refractivity contribution in [3.05, 3.63) is 36.1 Å². The predicted molar refractivity (Wildman–Crippen MR) is 58.1 cm³/mol. The smallest absolute Gasteiger partial charge is 0.134 e. The first kappa shape index (κ1) is 9.28. The van der Waals surface area contributed by atoms with Crippen LogP contribution in [0.5, 0.6) is 0 Å². The molecule has 0 saturated carbocycles. The summed E-state index contributed by atoms with van der Waals surface area (Å²) in [6.07, 6.45) is 2.74. The van der Waals surface area contributed by atoms with Crippen molar-refractivity contribution in [2.45, 2.75) is 13.3 Å². The number of benzene rings is 1. The summed E-state index contributed by atoms with van der Waals surface area (Å²) in [4.78, 5) is 0. The Kier molecular flexibility index (Phi) is 2.55. The number of hydrogen-bond acceptors (Lipinski definition) is 2. The first-order valence-corrected chi connectivity index (χ1v) is 4.96. The van der Waals surface area contributed by atoms with Gasteiger partial charge in [-0.1, -0.05) is 19.1 Å². The lowest BCUT2D eigenvalue weighted by atomic mass is 10.0. The summed E-state index contributed by atoms with van der Waals surface area (Å²) in [5.41, 5.74) is 7.85. The maximum absolute atomic E-state index is 5.59. The van der Waals surface area contributed by atoms with Gasteiger partial charge < -0.3 is 10.2 Å². The molecule has 0 spiro atoms. The van der Waals surface area contributed by atoms with Gasteiger partial charge in [-0.15, -0.1) is 0 Å². The van der Waals surface area contributed by atoms with Crippen molar-refractivity contribution in [2.24, 2.45) is 11.7 Å². The second-order valence-electron chi connectivity index (χ2n) is 3.84. The van der Waals surface area contributed by atoms with Crippen LogP contribution in [-0.4, -0.2) is 6.54 Å². The molecule has 14 heavy (non-hydrogen) atoms. The highest BCUT2D eigenvalue weighted by atomic mass is 16.3. The van der Waals surface area contributed by atoms with Crippen molar-refractivity contribution in [3.63, 3.8) is 0 Å². The number of nitrogens with two attached hydrogens (primary N) is 1. The zero-order chi connectivity index (χ0) is 9.97. The van der Waals surface area contributed by atoms with E-state index in [0.29, 0.717) is 5.92 Å². The summed E-state index contributed by atoms with van der Waals surface area (Å²) in [5.74, 6) is 0.530. The molecule has 74 valence electrons. The van der Waals surface area contributed by atoms with Crippen LogP contribution >= 0.6 is 0 Å². The molecule has 1 aromatic carbocycles. The van der Waals surface area contributed by atoms with E-state index in [1.54, 1.807) is 6.26 Å². The van der Waals surface area contributed by atoms with Gasteiger partial charge >= 0.3 is 0 Å². The van der Waals surface area contributed by atoms with Crippen LogP contribution in [0.3, 0.4) is 0 Å². The minimum Gasteiger partial charge on any atom is -0.464 e. The lowest BCUT2D eigenvalue weighted by Gasteiger charge is -2.07.